The van der Waals surface area contributed by atoms with Gasteiger partial charge in [-0.3, -0.25) is 9.59 Å². The summed E-state index contributed by atoms with van der Waals surface area (Å²) in [5.41, 5.74) is 0. The molecule has 0 spiro atoms. The number of thioether (sulfide) groups is 2. The Hall–Kier alpha value is -1.82. The maximum Gasteiger partial charge on any atom is 0.315 e. The minimum atomic E-state index is -0.0639. The van der Waals surface area contributed by atoms with Gasteiger partial charge < -0.3 is 31.9 Å². The lowest BCUT2D eigenvalue weighted by Crippen LogP contribution is -2.37. The van der Waals surface area contributed by atoms with Crippen molar-refractivity contribution >= 4 is 47.4 Å². The van der Waals surface area contributed by atoms with E-state index in [9.17, 15) is 19.2 Å². The first-order valence-corrected chi connectivity index (χ1v) is 14.5. The molecule has 4 aliphatic heterocycles. The number of nitrogens with one attached hydrogen (secondary N) is 6. The number of unbranched alkanes of at least 4 members (excludes halogenated alkanes) is 2. The summed E-state index contributed by atoms with van der Waals surface area (Å²) >= 11 is 3.79. The average molecular weight is 513 g/mol. The third-order valence-electron chi connectivity index (χ3n) is 6.93. The van der Waals surface area contributed by atoms with Crippen LogP contribution in [0.4, 0.5) is 9.59 Å². The van der Waals surface area contributed by atoms with Gasteiger partial charge in [0.15, 0.2) is 0 Å². The van der Waals surface area contributed by atoms with E-state index < -0.39 is 0 Å². The molecular formula is C22H36N6O4S2. The minimum Gasteiger partial charge on any atom is -0.354 e. The van der Waals surface area contributed by atoms with E-state index in [1.54, 1.807) is 0 Å². The Morgan fingerprint density at radius 3 is 1.59 bits per heavy atom. The number of urea groups is 2. The van der Waals surface area contributed by atoms with E-state index in [1.807, 2.05) is 23.5 Å². The zero-order chi connectivity index (χ0) is 23.9. The van der Waals surface area contributed by atoms with Gasteiger partial charge in [-0.05, 0) is 25.7 Å². The molecule has 0 aromatic carbocycles. The summed E-state index contributed by atoms with van der Waals surface area (Å²) < 4.78 is 0. The maximum atomic E-state index is 12.0. The number of carbonyl (C=O) groups excluding carboxylic acids is 4. The molecule has 4 saturated heterocycles. The van der Waals surface area contributed by atoms with Gasteiger partial charge in [0.05, 0.1) is 24.2 Å². The summed E-state index contributed by atoms with van der Waals surface area (Å²) in [4.78, 5) is 46.9. The molecule has 0 unspecified atom stereocenters. The van der Waals surface area contributed by atoms with E-state index in [-0.39, 0.29) is 48.0 Å². The van der Waals surface area contributed by atoms with Crippen molar-refractivity contribution in [1.82, 2.24) is 31.9 Å². The fraction of sp³-hybridized carbons (Fsp3) is 0.818. The number of fused-ring (bicyclic) bond motifs is 2. The van der Waals surface area contributed by atoms with Crippen LogP contribution in [0.5, 0.6) is 0 Å². The molecule has 10 nitrogen and oxygen atoms in total. The zero-order valence-electron chi connectivity index (χ0n) is 19.4. The molecule has 0 saturated carbocycles. The predicted molar refractivity (Wildman–Crippen MR) is 134 cm³/mol. The van der Waals surface area contributed by atoms with Crippen LogP contribution in [0, 0.1) is 0 Å². The van der Waals surface area contributed by atoms with Crippen molar-refractivity contribution in [3.8, 4) is 0 Å². The summed E-state index contributed by atoms with van der Waals surface area (Å²) in [5.74, 6) is 1.95. The van der Waals surface area contributed by atoms with Crippen molar-refractivity contribution in [2.24, 2.45) is 0 Å². The highest BCUT2D eigenvalue weighted by Crippen LogP contribution is 2.34. The lowest BCUT2D eigenvalue weighted by Gasteiger charge is -2.16. The van der Waals surface area contributed by atoms with Gasteiger partial charge in [-0.2, -0.15) is 23.5 Å². The topological polar surface area (TPSA) is 140 Å². The Balaban J connectivity index is 0.956. The molecule has 6 amide bonds. The first kappa shape index (κ1) is 25.3. The highest BCUT2D eigenvalue weighted by atomic mass is 32.2. The molecule has 0 aromatic rings. The Labute approximate surface area is 209 Å². The maximum absolute atomic E-state index is 12.0. The van der Waals surface area contributed by atoms with Crippen molar-refractivity contribution < 1.29 is 19.2 Å². The molecule has 4 fully saturated rings. The fourth-order valence-electron chi connectivity index (χ4n) is 5.13. The molecule has 4 heterocycles. The molecule has 190 valence electrons. The zero-order valence-corrected chi connectivity index (χ0v) is 21.0. The summed E-state index contributed by atoms with van der Waals surface area (Å²) in [5, 5.41) is 18.5. The fourth-order valence-corrected chi connectivity index (χ4v) is 8.22. The SMILES string of the molecule is O=C(CCCC[C@@H]1SC[C@@H]2NC(=O)N[C@@H]21)NCCNC(=O)CCCC[C@@H]1SC[C@@H]2NC(=O)N[C@@H]21. The van der Waals surface area contributed by atoms with Gasteiger partial charge in [-0.25, -0.2) is 9.59 Å². The van der Waals surface area contributed by atoms with Crippen molar-refractivity contribution in [1.29, 1.82) is 0 Å². The number of carbonyl (C=O) groups is 4. The monoisotopic (exact) mass is 512 g/mol. The van der Waals surface area contributed by atoms with Crippen LogP contribution in [-0.4, -0.2) is 83.1 Å². The molecule has 0 bridgehead atoms. The standard InChI is InChI=1S/C22H36N6O4S2/c29-17(7-3-1-5-15-19-13(11-33-15)25-21(31)27-19)23-9-10-24-18(30)8-4-2-6-16-20-14(12-34-16)26-22(32)28-20/h13-16,19-20H,1-12H2,(H,23,29)(H,24,30)(H2,25,27,31)(H2,26,28,32)/t13-,14-,15-,16-,19-,20-/m0/s1. The molecule has 12 heteroatoms. The van der Waals surface area contributed by atoms with Crippen LogP contribution >= 0.6 is 23.5 Å². The van der Waals surface area contributed by atoms with Crippen LogP contribution in [0.25, 0.3) is 0 Å². The second kappa shape index (κ2) is 12.2. The van der Waals surface area contributed by atoms with Crippen LogP contribution < -0.4 is 31.9 Å². The van der Waals surface area contributed by atoms with Gasteiger partial charge in [-0.15, -0.1) is 0 Å². The molecule has 6 N–H and O–H groups in total. The summed E-state index contributed by atoms with van der Waals surface area (Å²) in [6.07, 6.45) is 6.56. The second-order valence-electron chi connectivity index (χ2n) is 9.44. The molecule has 34 heavy (non-hydrogen) atoms. The molecule has 4 rings (SSSR count). The molecule has 6 atom stereocenters. The van der Waals surface area contributed by atoms with Gasteiger partial charge >= 0.3 is 12.1 Å². The third kappa shape index (κ3) is 6.87. The number of amides is 6. The van der Waals surface area contributed by atoms with Crippen molar-refractivity contribution in [2.45, 2.75) is 86.0 Å². The summed E-state index contributed by atoms with van der Waals surface area (Å²) in [6, 6.07) is 0.798. The normalized spacial score (nSPS) is 31.2. The van der Waals surface area contributed by atoms with Crippen LogP contribution in [0.2, 0.25) is 0 Å². The number of hydrogen-bond donors (Lipinski definition) is 6. The first-order valence-electron chi connectivity index (χ1n) is 12.4. The van der Waals surface area contributed by atoms with Crippen molar-refractivity contribution in [2.75, 3.05) is 24.6 Å². The van der Waals surface area contributed by atoms with Gasteiger partial charge in [0, 0.05) is 47.9 Å². The van der Waals surface area contributed by atoms with Crippen LogP contribution in [0.15, 0.2) is 0 Å². The van der Waals surface area contributed by atoms with Crippen LogP contribution in [0.3, 0.4) is 0 Å². The molecule has 4 aliphatic rings. The van der Waals surface area contributed by atoms with E-state index in [1.165, 1.54) is 0 Å². The van der Waals surface area contributed by atoms with Crippen molar-refractivity contribution in [3.63, 3.8) is 0 Å². The average Bonchev–Trinajstić information content (AvgIpc) is 3.54. The summed E-state index contributed by atoms with van der Waals surface area (Å²) in [7, 11) is 0. The van der Waals surface area contributed by atoms with E-state index in [2.05, 4.69) is 31.9 Å². The van der Waals surface area contributed by atoms with Gasteiger partial charge in [0.1, 0.15) is 0 Å². The van der Waals surface area contributed by atoms with Gasteiger partial charge in [-0.1, -0.05) is 12.8 Å². The number of hydrogen-bond acceptors (Lipinski definition) is 6. The van der Waals surface area contributed by atoms with E-state index in [0.29, 0.717) is 36.4 Å². The molecular weight excluding hydrogens is 476 g/mol. The van der Waals surface area contributed by atoms with Gasteiger partial charge in [0.25, 0.3) is 0 Å². The van der Waals surface area contributed by atoms with Crippen LogP contribution in [-0.2, 0) is 9.59 Å². The molecule has 0 radical (unpaired) electrons. The van der Waals surface area contributed by atoms with E-state index in [4.69, 9.17) is 0 Å². The Kier molecular flexibility index (Phi) is 9.10. The van der Waals surface area contributed by atoms with Crippen molar-refractivity contribution in [3.05, 3.63) is 0 Å². The summed E-state index contributed by atoms with van der Waals surface area (Å²) in [6.45, 7) is 0.887. The lowest BCUT2D eigenvalue weighted by atomic mass is 10.0. The van der Waals surface area contributed by atoms with E-state index in [0.717, 1.165) is 50.0 Å². The highest BCUT2D eigenvalue weighted by molar-refractivity contribution is 8.00. The molecule has 0 aromatic heterocycles. The largest absolute Gasteiger partial charge is 0.354 e. The predicted octanol–water partition coefficient (Wildman–Crippen LogP) is 0.670. The third-order valence-corrected chi connectivity index (χ3v) is 9.95. The molecule has 0 aliphatic carbocycles. The minimum absolute atomic E-state index is 0.0166. The Morgan fingerprint density at radius 2 is 1.15 bits per heavy atom. The Morgan fingerprint density at radius 1 is 0.706 bits per heavy atom. The highest BCUT2D eigenvalue weighted by Gasteiger charge is 2.43. The quantitative estimate of drug-likeness (QED) is 0.158. The number of rotatable bonds is 13. The van der Waals surface area contributed by atoms with E-state index >= 15 is 0 Å². The smallest absolute Gasteiger partial charge is 0.315 e. The second-order valence-corrected chi connectivity index (χ2v) is 12.0. The van der Waals surface area contributed by atoms with Crippen LogP contribution in [0.1, 0.15) is 51.4 Å². The van der Waals surface area contributed by atoms with Gasteiger partial charge in [0.2, 0.25) is 11.8 Å². The Bertz CT molecular complexity index is 710. The lowest BCUT2D eigenvalue weighted by molar-refractivity contribution is -0.123. The first-order chi connectivity index (χ1) is 16.5.